The van der Waals surface area contributed by atoms with Gasteiger partial charge in [-0.05, 0) is 43.7 Å². The van der Waals surface area contributed by atoms with E-state index in [1.165, 1.54) is 18.2 Å². The molecular formula is C22H25FN2O4. The standard InChI is InChI=1S/C22H25FN2O4/c1-2-28-19-9-3-4-10-20(19)29-16-21(26)24-11-6-12-25(14-13-24)22(27)17-7-5-8-18(23)15-17/h3-5,7-10,15H,2,6,11-14,16H2,1H3. The summed E-state index contributed by atoms with van der Waals surface area (Å²) in [5.74, 6) is 0.329. The molecule has 0 atom stereocenters. The van der Waals surface area contributed by atoms with Crippen LogP contribution in [0.2, 0.25) is 0 Å². The van der Waals surface area contributed by atoms with Crippen LogP contribution in [0.15, 0.2) is 48.5 Å². The van der Waals surface area contributed by atoms with Crippen molar-refractivity contribution in [3.63, 3.8) is 0 Å². The monoisotopic (exact) mass is 400 g/mol. The van der Waals surface area contributed by atoms with E-state index >= 15 is 0 Å². The molecule has 1 fully saturated rings. The van der Waals surface area contributed by atoms with Crippen LogP contribution in [-0.2, 0) is 4.79 Å². The zero-order valence-electron chi connectivity index (χ0n) is 16.5. The fourth-order valence-electron chi connectivity index (χ4n) is 3.25. The Hall–Kier alpha value is -3.09. The number of hydrogen-bond donors (Lipinski definition) is 0. The van der Waals surface area contributed by atoms with Gasteiger partial charge in [-0.1, -0.05) is 18.2 Å². The number of carbonyl (C=O) groups is 2. The first-order valence-electron chi connectivity index (χ1n) is 9.75. The van der Waals surface area contributed by atoms with Gasteiger partial charge in [0.2, 0.25) is 0 Å². The molecule has 0 saturated carbocycles. The van der Waals surface area contributed by atoms with Crippen molar-refractivity contribution in [3.8, 4) is 11.5 Å². The summed E-state index contributed by atoms with van der Waals surface area (Å²) >= 11 is 0. The van der Waals surface area contributed by atoms with E-state index in [0.29, 0.717) is 56.3 Å². The molecule has 29 heavy (non-hydrogen) atoms. The molecule has 0 aliphatic carbocycles. The highest BCUT2D eigenvalue weighted by Crippen LogP contribution is 2.26. The van der Waals surface area contributed by atoms with Gasteiger partial charge in [-0.25, -0.2) is 4.39 Å². The predicted octanol–water partition coefficient (Wildman–Crippen LogP) is 2.98. The van der Waals surface area contributed by atoms with Crippen molar-refractivity contribution in [1.82, 2.24) is 9.80 Å². The Morgan fingerprint density at radius 1 is 0.931 bits per heavy atom. The number of rotatable bonds is 6. The number of ether oxygens (including phenoxy) is 2. The van der Waals surface area contributed by atoms with Gasteiger partial charge in [0, 0.05) is 31.7 Å². The van der Waals surface area contributed by atoms with Crippen molar-refractivity contribution >= 4 is 11.8 Å². The van der Waals surface area contributed by atoms with E-state index in [1.54, 1.807) is 28.0 Å². The maximum absolute atomic E-state index is 13.4. The number of para-hydroxylation sites is 2. The highest BCUT2D eigenvalue weighted by Gasteiger charge is 2.23. The summed E-state index contributed by atoms with van der Waals surface area (Å²) in [6.07, 6.45) is 0.655. The van der Waals surface area contributed by atoms with Gasteiger partial charge in [0.15, 0.2) is 18.1 Å². The first kappa shape index (κ1) is 20.6. The van der Waals surface area contributed by atoms with Crippen LogP contribution in [0.4, 0.5) is 4.39 Å². The molecule has 2 aromatic rings. The van der Waals surface area contributed by atoms with Crippen molar-refractivity contribution in [2.75, 3.05) is 39.4 Å². The molecule has 1 aliphatic rings. The molecular weight excluding hydrogens is 375 g/mol. The fraction of sp³-hybridized carbons (Fsp3) is 0.364. The predicted molar refractivity (Wildman–Crippen MR) is 107 cm³/mol. The molecule has 7 heteroatoms. The Morgan fingerprint density at radius 2 is 1.62 bits per heavy atom. The van der Waals surface area contributed by atoms with E-state index in [0.717, 1.165) is 0 Å². The molecule has 154 valence electrons. The summed E-state index contributed by atoms with van der Waals surface area (Å²) in [6.45, 7) is 4.18. The average molecular weight is 400 g/mol. The topological polar surface area (TPSA) is 59.1 Å². The zero-order chi connectivity index (χ0) is 20.6. The summed E-state index contributed by atoms with van der Waals surface area (Å²) in [5.41, 5.74) is 0.320. The molecule has 0 radical (unpaired) electrons. The molecule has 0 aromatic heterocycles. The molecule has 1 saturated heterocycles. The quantitative estimate of drug-likeness (QED) is 0.748. The maximum atomic E-state index is 13.4. The second-order valence-corrected chi connectivity index (χ2v) is 6.71. The Balaban J connectivity index is 1.55. The Bertz CT molecular complexity index is 858. The van der Waals surface area contributed by atoms with Crippen LogP contribution in [0.3, 0.4) is 0 Å². The number of halogens is 1. The van der Waals surface area contributed by atoms with E-state index in [4.69, 9.17) is 9.47 Å². The molecule has 0 spiro atoms. The minimum atomic E-state index is -0.438. The largest absolute Gasteiger partial charge is 0.490 e. The van der Waals surface area contributed by atoms with Gasteiger partial charge in [-0.2, -0.15) is 0 Å². The lowest BCUT2D eigenvalue weighted by Gasteiger charge is -2.22. The first-order valence-corrected chi connectivity index (χ1v) is 9.75. The van der Waals surface area contributed by atoms with Crippen LogP contribution in [0.1, 0.15) is 23.7 Å². The van der Waals surface area contributed by atoms with Crippen molar-refractivity contribution in [3.05, 3.63) is 59.9 Å². The molecule has 1 aliphatic heterocycles. The number of amides is 2. The smallest absolute Gasteiger partial charge is 0.260 e. The molecule has 6 nitrogen and oxygen atoms in total. The summed E-state index contributed by atoms with van der Waals surface area (Å²) in [4.78, 5) is 28.6. The lowest BCUT2D eigenvalue weighted by Crippen LogP contribution is -2.39. The molecule has 0 N–H and O–H groups in total. The molecule has 3 rings (SSSR count). The van der Waals surface area contributed by atoms with Gasteiger partial charge in [0.05, 0.1) is 6.61 Å². The molecule has 2 aromatic carbocycles. The van der Waals surface area contributed by atoms with E-state index in [9.17, 15) is 14.0 Å². The van der Waals surface area contributed by atoms with Crippen LogP contribution in [-0.4, -0.2) is 61.0 Å². The number of benzene rings is 2. The van der Waals surface area contributed by atoms with Gasteiger partial charge in [0.25, 0.3) is 11.8 Å². The van der Waals surface area contributed by atoms with Gasteiger partial charge < -0.3 is 19.3 Å². The summed E-state index contributed by atoms with van der Waals surface area (Å²) in [6, 6.07) is 12.9. The number of nitrogens with zero attached hydrogens (tertiary/aromatic N) is 2. The third-order valence-corrected chi connectivity index (χ3v) is 4.71. The minimum Gasteiger partial charge on any atom is -0.490 e. The molecule has 0 unspecified atom stereocenters. The number of carbonyl (C=O) groups excluding carboxylic acids is 2. The third kappa shape index (κ3) is 5.47. The summed E-state index contributed by atoms with van der Waals surface area (Å²) < 4.78 is 24.6. The van der Waals surface area contributed by atoms with E-state index < -0.39 is 5.82 Å². The van der Waals surface area contributed by atoms with Crippen LogP contribution < -0.4 is 9.47 Å². The van der Waals surface area contributed by atoms with Crippen LogP contribution >= 0.6 is 0 Å². The van der Waals surface area contributed by atoms with Gasteiger partial charge in [-0.3, -0.25) is 9.59 Å². The van der Waals surface area contributed by atoms with E-state index in [2.05, 4.69) is 0 Å². The summed E-state index contributed by atoms with van der Waals surface area (Å²) in [5, 5.41) is 0. The lowest BCUT2D eigenvalue weighted by atomic mass is 10.2. The second-order valence-electron chi connectivity index (χ2n) is 6.71. The van der Waals surface area contributed by atoms with Crippen molar-refractivity contribution in [2.45, 2.75) is 13.3 Å². The van der Waals surface area contributed by atoms with Crippen LogP contribution in [0, 0.1) is 5.82 Å². The zero-order valence-corrected chi connectivity index (χ0v) is 16.5. The van der Waals surface area contributed by atoms with Crippen molar-refractivity contribution in [2.24, 2.45) is 0 Å². The molecule has 2 amide bonds. The molecule has 1 heterocycles. The van der Waals surface area contributed by atoms with Gasteiger partial charge in [-0.15, -0.1) is 0 Å². The van der Waals surface area contributed by atoms with Gasteiger partial charge >= 0.3 is 0 Å². The Kier molecular flexibility index (Phi) is 7.05. The maximum Gasteiger partial charge on any atom is 0.260 e. The Labute approximate surface area is 169 Å². The van der Waals surface area contributed by atoms with Crippen molar-refractivity contribution in [1.29, 1.82) is 0 Å². The second kappa shape index (κ2) is 9.91. The first-order chi connectivity index (χ1) is 14.1. The van der Waals surface area contributed by atoms with Crippen LogP contribution in [0.25, 0.3) is 0 Å². The van der Waals surface area contributed by atoms with Crippen molar-refractivity contribution < 1.29 is 23.5 Å². The SMILES string of the molecule is CCOc1ccccc1OCC(=O)N1CCCN(C(=O)c2cccc(F)c2)CC1. The molecule has 0 bridgehead atoms. The lowest BCUT2D eigenvalue weighted by molar-refractivity contribution is -0.133. The van der Waals surface area contributed by atoms with E-state index in [-0.39, 0.29) is 18.4 Å². The summed E-state index contributed by atoms with van der Waals surface area (Å²) in [7, 11) is 0. The average Bonchev–Trinajstić information content (AvgIpc) is 2.99. The highest BCUT2D eigenvalue weighted by molar-refractivity contribution is 5.94. The normalized spacial score (nSPS) is 14.3. The Morgan fingerprint density at radius 3 is 2.34 bits per heavy atom. The third-order valence-electron chi connectivity index (χ3n) is 4.71. The van der Waals surface area contributed by atoms with Gasteiger partial charge in [0.1, 0.15) is 5.82 Å². The highest BCUT2D eigenvalue weighted by atomic mass is 19.1. The van der Waals surface area contributed by atoms with E-state index in [1.807, 2.05) is 19.1 Å². The van der Waals surface area contributed by atoms with Crippen LogP contribution in [0.5, 0.6) is 11.5 Å². The number of hydrogen-bond acceptors (Lipinski definition) is 4. The fourth-order valence-corrected chi connectivity index (χ4v) is 3.25. The minimum absolute atomic E-state index is 0.0953.